The average Bonchev–Trinajstić information content (AvgIpc) is 3.24. The lowest BCUT2D eigenvalue weighted by molar-refractivity contribution is 1.58. The Morgan fingerprint density at radius 3 is 1.19 bits per heavy atom. The molecule has 0 saturated heterocycles. The molecule has 0 amide bonds. The van der Waals surface area contributed by atoms with Crippen molar-refractivity contribution in [1.29, 1.82) is 0 Å². The predicted molar refractivity (Wildman–Crippen MR) is 233 cm³/mol. The van der Waals surface area contributed by atoms with Crippen LogP contribution in [0.4, 0.5) is 0 Å². The lowest BCUT2D eigenvalue weighted by atomic mass is 9.86. The Morgan fingerprint density at radius 2 is 0.574 bits per heavy atom. The zero-order chi connectivity index (χ0) is 35.3. The van der Waals surface area contributed by atoms with Crippen molar-refractivity contribution in [2.45, 2.75) is 0 Å². The second-order valence-corrected chi connectivity index (χ2v) is 14.8. The summed E-state index contributed by atoms with van der Waals surface area (Å²) in [7, 11) is 0. The van der Waals surface area contributed by atoms with E-state index in [2.05, 4.69) is 194 Å². The molecule has 0 N–H and O–H groups in total. The van der Waals surface area contributed by atoms with Crippen LogP contribution in [0, 0.1) is 0 Å². The molecule has 12 aromatic carbocycles. The van der Waals surface area contributed by atoms with Crippen LogP contribution in [0.25, 0.3) is 120 Å². The first kappa shape index (κ1) is 29.5. The Labute approximate surface area is 312 Å². The summed E-state index contributed by atoms with van der Waals surface area (Å²) in [5.41, 5.74) is 9.87. The minimum atomic E-state index is 1.21. The molecule has 248 valence electrons. The molecule has 0 fully saturated rings. The van der Waals surface area contributed by atoms with Gasteiger partial charge >= 0.3 is 0 Å². The van der Waals surface area contributed by atoms with Crippen LogP contribution in [0.1, 0.15) is 0 Å². The maximum atomic E-state index is 2.43. The molecule has 0 saturated carbocycles. The SMILES string of the molecule is c1cc(-c2ccc(-c3ccc4ccc5cccc6ccc3c4c56)cc2-c2ccc3ccccc3c2)cc(-c2ccc3ccc4cccc5ccc2c3c45)c1. The van der Waals surface area contributed by atoms with E-state index in [4.69, 9.17) is 0 Å². The van der Waals surface area contributed by atoms with Crippen molar-refractivity contribution < 1.29 is 0 Å². The first-order valence-corrected chi connectivity index (χ1v) is 18.8. The molecule has 0 heterocycles. The number of fused-ring (bicyclic) bond motifs is 1. The Balaban J connectivity index is 1.07. The molecule has 12 aromatic rings. The van der Waals surface area contributed by atoms with Gasteiger partial charge in [0.1, 0.15) is 0 Å². The van der Waals surface area contributed by atoms with Crippen LogP contribution in [0.3, 0.4) is 0 Å². The molecule has 0 nitrogen and oxygen atoms in total. The molecule has 0 unspecified atom stereocenters. The fourth-order valence-electron chi connectivity index (χ4n) is 9.39. The second-order valence-electron chi connectivity index (χ2n) is 14.8. The van der Waals surface area contributed by atoms with Gasteiger partial charge in [-0.3, -0.25) is 0 Å². The summed E-state index contributed by atoms with van der Waals surface area (Å²) >= 11 is 0. The molecule has 0 aliphatic rings. The lowest BCUT2D eigenvalue weighted by Crippen LogP contribution is -1.91. The molecule has 12 rings (SSSR count). The van der Waals surface area contributed by atoms with E-state index in [1.807, 2.05) is 0 Å². The third kappa shape index (κ3) is 4.32. The lowest BCUT2D eigenvalue weighted by Gasteiger charge is -2.18. The van der Waals surface area contributed by atoms with Crippen molar-refractivity contribution >= 4 is 75.4 Å². The number of benzene rings is 12. The zero-order valence-electron chi connectivity index (χ0n) is 29.5. The molecular weight excluding hydrogens is 649 g/mol. The second kappa shape index (κ2) is 11.2. The fraction of sp³-hybridized carbons (Fsp3) is 0. The van der Waals surface area contributed by atoms with Gasteiger partial charge < -0.3 is 0 Å². The number of rotatable bonds is 4. The molecule has 0 atom stereocenters. The largest absolute Gasteiger partial charge is 0.0616 e. The molecular formula is C54H32. The van der Waals surface area contributed by atoms with Crippen molar-refractivity contribution in [3.05, 3.63) is 194 Å². The Morgan fingerprint density at radius 1 is 0.185 bits per heavy atom. The molecule has 0 aromatic heterocycles. The summed E-state index contributed by atoms with van der Waals surface area (Å²) in [5, 5.41) is 18.2. The van der Waals surface area contributed by atoms with E-state index in [1.165, 1.54) is 120 Å². The van der Waals surface area contributed by atoms with Gasteiger partial charge in [0.05, 0.1) is 0 Å². The van der Waals surface area contributed by atoms with Gasteiger partial charge in [0.25, 0.3) is 0 Å². The average molecular weight is 681 g/mol. The summed E-state index contributed by atoms with van der Waals surface area (Å²) < 4.78 is 0. The van der Waals surface area contributed by atoms with Crippen molar-refractivity contribution in [3.8, 4) is 44.5 Å². The molecule has 0 aliphatic heterocycles. The highest BCUT2D eigenvalue weighted by atomic mass is 14.2. The van der Waals surface area contributed by atoms with E-state index in [0.717, 1.165) is 0 Å². The first-order valence-electron chi connectivity index (χ1n) is 18.8. The highest BCUT2D eigenvalue weighted by Gasteiger charge is 2.17. The summed E-state index contributed by atoms with van der Waals surface area (Å²) in [6.45, 7) is 0. The van der Waals surface area contributed by atoms with Crippen molar-refractivity contribution in [3.63, 3.8) is 0 Å². The maximum absolute atomic E-state index is 2.43. The molecule has 54 heavy (non-hydrogen) atoms. The molecule has 0 aliphatic carbocycles. The molecule has 0 bridgehead atoms. The zero-order valence-corrected chi connectivity index (χ0v) is 29.5. The topological polar surface area (TPSA) is 0 Å². The summed E-state index contributed by atoms with van der Waals surface area (Å²) in [6, 6.07) is 72.6. The van der Waals surface area contributed by atoms with Gasteiger partial charge in [0.15, 0.2) is 0 Å². The van der Waals surface area contributed by atoms with Gasteiger partial charge in [-0.25, -0.2) is 0 Å². The molecule has 0 heteroatoms. The Bertz CT molecular complexity index is 3410. The standard InChI is InChI=1S/C54H32/c1-2-7-40-30-43(19-14-33(40)6-1)50-32-44(46-26-21-39-18-16-35-9-4-11-37-23-29-49(46)54(39)52(35)37)24-27-47(50)42-13-5-12-41(31-42)45-25-20-38-17-15-34-8-3-10-36-22-28-48(45)53(38)51(34)36/h1-32H. The Hall–Kier alpha value is -7.02. The van der Waals surface area contributed by atoms with Gasteiger partial charge in [0.2, 0.25) is 0 Å². The smallest absolute Gasteiger partial charge is 0.00206 e. The third-order valence-corrected chi connectivity index (χ3v) is 11.9. The van der Waals surface area contributed by atoms with Gasteiger partial charge in [0, 0.05) is 0 Å². The van der Waals surface area contributed by atoms with E-state index >= 15 is 0 Å². The van der Waals surface area contributed by atoms with Gasteiger partial charge in [-0.05, 0) is 138 Å². The van der Waals surface area contributed by atoms with Crippen LogP contribution < -0.4 is 0 Å². The van der Waals surface area contributed by atoms with Gasteiger partial charge in [-0.1, -0.05) is 176 Å². The molecule has 0 radical (unpaired) electrons. The summed E-state index contributed by atoms with van der Waals surface area (Å²) in [6.07, 6.45) is 0. The first-order chi connectivity index (χ1) is 26.7. The third-order valence-electron chi connectivity index (χ3n) is 11.9. The minimum absolute atomic E-state index is 1.21. The predicted octanol–water partition coefficient (Wildman–Crippen LogP) is 15.3. The number of hydrogen-bond donors (Lipinski definition) is 0. The molecule has 0 spiro atoms. The van der Waals surface area contributed by atoms with E-state index in [9.17, 15) is 0 Å². The highest BCUT2D eigenvalue weighted by molar-refractivity contribution is 6.26. The highest BCUT2D eigenvalue weighted by Crippen LogP contribution is 2.44. The van der Waals surface area contributed by atoms with E-state index in [-0.39, 0.29) is 0 Å². The van der Waals surface area contributed by atoms with Gasteiger partial charge in [-0.15, -0.1) is 0 Å². The maximum Gasteiger partial charge on any atom is -0.00206 e. The summed E-state index contributed by atoms with van der Waals surface area (Å²) in [5.74, 6) is 0. The monoisotopic (exact) mass is 680 g/mol. The van der Waals surface area contributed by atoms with Crippen LogP contribution in [0.15, 0.2) is 194 Å². The Kier molecular flexibility index (Phi) is 6.15. The summed E-state index contributed by atoms with van der Waals surface area (Å²) in [4.78, 5) is 0. The number of hydrogen-bond acceptors (Lipinski definition) is 0. The van der Waals surface area contributed by atoms with E-state index in [0.29, 0.717) is 0 Å². The quantitative estimate of drug-likeness (QED) is 0.162. The van der Waals surface area contributed by atoms with Crippen molar-refractivity contribution in [2.75, 3.05) is 0 Å². The van der Waals surface area contributed by atoms with Crippen LogP contribution in [-0.4, -0.2) is 0 Å². The van der Waals surface area contributed by atoms with Gasteiger partial charge in [-0.2, -0.15) is 0 Å². The van der Waals surface area contributed by atoms with Crippen LogP contribution in [-0.2, 0) is 0 Å². The van der Waals surface area contributed by atoms with Crippen LogP contribution >= 0.6 is 0 Å². The normalized spacial score (nSPS) is 12.1. The minimum Gasteiger partial charge on any atom is -0.0616 e. The van der Waals surface area contributed by atoms with Crippen molar-refractivity contribution in [2.24, 2.45) is 0 Å². The fourth-order valence-corrected chi connectivity index (χ4v) is 9.39. The van der Waals surface area contributed by atoms with Crippen molar-refractivity contribution in [1.82, 2.24) is 0 Å². The van der Waals surface area contributed by atoms with Crippen LogP contribution in [0.2, 0.25) is 0 Å². The van der Waals surface area contributed by atoms with Crippen LogP contribution in [0.5, 0.6) is 0 Å². The van der Waals surface area contributed by atoms with E-state index < -0.39 is 0 Å². The van der Waals surface area contributed by atoms with E-state index in [1.54, 1.807) is 0 Å².